The number of imidazole rings is 1. The molecule has 0 aliphatic carbocycles. The Balaban J connectivity index is 0.000000167. The van der Waals surface area contributed by atoms with E-state index in [0.717, 1.165) is 13.2 Å². The van der Waals surface area contributed by atoms with E-state index in [4.69, 9.17) is 4.74 Å². The number of H-pyrrole nitrogens is 1. The van der Waals surface area contributed by atoms with Crippen LogP contribution in [-0.4, -0.2) is 52.7 Å². The Morgan fingerprint density at radius 2 is 2.00 bits per heavy atom. The average Bonchev–Trinajstić information content (AvgIpc) is 2.67. The number of hydrogen-bond donors (Lipinski definition) is 1. The minimum atomic E-state index is 0. The van der Waals surface area contributed by atoms with Crippen LogP contribution in [0.3, 0.4) is 0 Å². The number of rotatable bonds is 0. The predicted octanol–water partition coefficient (Wildman–Crippen LogP) is 0.558. The summed E-state index contributed by atoms with van der Waals surface area (Å²) in [5, 5.41) is 0. The second kappa shape index (κ2) is 8.27. The van der Waals surface area contributed by atoms with Crippen molar-refractivity contribution in [2.75, 3.05) is 13.2 Å². The minimum absolute atomic E-state index is 0. The molecule has 1 aliphatic heterocycles. The van der Waals surface area contributed by atoms with Crippen LogP contribution in [0.2, 0.25) is 0 Å². The summed E-state index contributed by atoms with van der Waals surface area (Å²) in [4.78, 5) is 6.42. The van der Waals surface area contributed by atoms with Crippen molar-refractivity contribution in [1.29, 1.82) is 0 Å². The standard InChI is InChI=1S/C4H8O.C3H4N2.Na.H/c1-2-4-5-3-1;1-2-5-3-4-1;;/h1-4H2;1-3H,(H,4,5);;. The van der Waals surface area contributed by atoms with Gasteiger partial charge in [-0.05, 0) is 12.8 Å². The SMILES string of the molecule is C1CCOC1.[NaH].c1c[nH]cn1. The van der Waals surface area contributed by atoms with Crippen molar-refractivity contribution >= 4 is 29.6 Å². The zero-order chi connectivity index (χ0) is 7.07. The Bertz CT molecular complexity index is 115. The van der Waals surface area contributed by atoms with Gasteiger partial charge in [-0.3, -0.25) is 0 Å². The Hall–Kier alpha value is 0.170. The third kappa shape index (κ3) is 6.56. The van der Waals surface area contributed by atoms with Gasteiger partial charge in [0.05, 0.1) is 6.33 Å². The topological polar surface area (TPSA) is 37.9 Å². The minimum Gasteiger partial charge on any atom is -0.351 e. The Morgan fingerprint density at radius 1 is 1.27 bits per heavy atom. The molecule has 0 unspecified atom stereocenters. The van der Waals surface area contributed by atoms with E-state index in [0.29, 0.717) is 0 Å². The first-order valence-corrected chi connectivity index (χ1v) is 3.50. The van der Waals surface area contributed by atoms with E-state index in [1.165, 1.54) is 12.8 Å². The van der Waals surface area contributed by atoms with Crippen molar-refractivity contribution in [1.82, 2.24) is 9.97 Å². The molecular weight excluding hydrogens is 151 g/mol. The zero-order valence-corrected chi connectivity index (χ0v) is 5.92. The van der Waals surface area contributed by atoms with Gasteiger partial charge in [-0.25, -0.2) is 4.98 Å². The Morgan fingerprint density at radius 3 is 2.18 bits per heavy atom. The van der Waals surface area contributed by atoms with Gasteiger partial charge >= 0.3 is 29.6 Å². The maximum absolute atomic E-state index is 4.94. The molecule has 1 fully saturated rings. The van der Waals surface area contributed by atoms with Crippen LogP contribution in [0, 0.1) is 0 Å². The summed E-state index contributed by atoms with van der Waals surface area (Å²) in [5.74, 6) is 0. The number of aromatic amines is 1. The molecule has 1 saturated heterocycles. The molecule has 0 bridgehead atoms. The van der Waals surface area contributed by atoms with E-state index in [9.17, 15) is 0 Å². The van der Waals surface area contributed by atoms with Crippen molar-refractivity contribution < 1.29 is 4.74 Å². The summed E-state index contributed by atoms with van der Waals surface area (Å²) in [6.45, 7) is 2.00. The fraction of sp³-hybridized carbons (Fsp3) is 0.571. The monoisotopic (exact) mass is 164 g/mol. The first-order chi connectivity index (χ1) is 5.00. The molecule has 1 aromatic rings. The molecule has 0 spiro atoms. The molecular formula is C7H13N2NaO. The molecule has 0 atom stereocenters. The fourth-order valence-electron chi connectivity index (χ4n) is 0.725. The number of nitrogens with zero attached hydrogens (tertiary/aromatic N) is 1. The summed E-state index contributed by atoms with van der Waals surface area (Å²) in [6, 6.07) is 0. The van der Waals surface area contributed by atoms with E-state index >= 15 is 0 Å². The van der Waals surface area contributed by atoms with Crippen LogP contribution in [0.4, 0.5) is 0 Å². The third-order valence-electron chi connectivity index (χ3n) is 1.23. The first kappa shape index (κ1) is 11.2. The third-order valence-corrected chi connectivity index (χ3v) is 1.23. The zero-order valence-electron chi connectivity index (χ0n) is 5.92. The van der Waals surface area contributed by atoms with Crippen LogP contribution < -0.4 is 0 Å². The van der Waals surface area contributed by atoms with Crippen LogP contribution in [-0.2, 0) is 4.74 Å². The molecule has 1 aliphatic rings. The Kier molecular flexibility index (Phi) is 8.40. The largest absolute Gasteiger partial charge is 0.351 e. The normalized spacial score (nSPS) is 14.5. The molecule has 0 amide bonds. The molecule has 1 aromatic heterocycles. The first-order valence-electron chi connectivity index (χ1n) is 3.50. The molecule has 4 heteroatoms. The molecule has 2 rings (SSSR count). The van der Waals surface area contributed by atoms with Gasteiger partial charge in [0.2, 0.25) is 0 Å². The van der Waals surface area contributed by atoms with Gasteiger partial charge in [-0.2, -0.15) is 0 Å². The maximum atomic E-state index is 4.94. The summed E-state index contributed by atoms with van der Waals surface area (Å²) in [6.07, 6.45) is 7.64. The molecule has 2 heterocycles. The van der Waals surface area contributed by atoms with Gasteiger partial charge in [0, 0.05) is 25.6 Å². The second-order valence-corrected chi connectivity index (χ2v) is 2.08. The molecule has 1 N–H and O–H groups in total. The number of nitrogens with one attached hydrogen (secondary N) is 1. The number of ether oxygens (including phenoxy) is 1. The van der Waals surface area contributed by atoms with E-state index in [2.05, 4.69) is 9.97 Å². The molecule has 3 nitrogen and oxygen atoms in total. The van der Waals surface area contributed by atoms with Gasteiger partial charge in [0.1, 0.15) is 0 Å². The van der Waals surface area contributed by atoms with Crippen molar-refractivity contribution in [2.45, 2.75) is 12.8 Å². The van der Waals surface area contributed by atoms with Gasteiger partial charge in [-0.15, -0.1) is 0 Å². The number of aromatic nitrogens is 2. The predicted molar refractivity (Wildman–Crippen MR) is 45.8 cm³/mol. The van der Waals surface area contributed by atoms with Crippen molar-refractivity contribution in [3.63, 3.8) is 0 Å². The van der Waals surface area contributed by atoms with Crippen LogP contribution in [0.1, 0.15) is 12.8 Å². The summed E-state index contributed by atoms with van der Waals surface area (Å²) >= 11 is 0. The van der Waals surface area contributed by atoms with Crippen LogP contribution in [0.15, 0.2) is 18.7 Å². The quantitative estimate of drug-likeness (QED) is 0.569. The van der Waals surface area contributed by atoms with E-state index in [1.807, 2.05) is 0 Å². The van der Waals surface area contributed by atoms with Crippen LogP contribution in [0.25, 0.3) is 0 Å². The molecule has 0 radical (unpaired) electrons. The van der Waals surface area contributed by atoms with Crippen molar-refractivity contribution in [3.05, 3.63) is 18.7 Å². The van der Waals surface area contributed by atoms with Gasteiger partial charge in [0.25, 0.3) is 0 Å². The molecule has 0 aromatic carbocycles. The van der Waals surface area contributed by atoms with E-state index in [-0.39, 0.29) is 29.6 Å². The fourth-order valence-corrected chi connectivity index (χ4v) is 0.725. The summed E-state index contributed by atoms with van der Waals surface area (Å²) in [7, 11) is 0. The molecule has 11 heavy (non-hydrogen) atoms. The molecule has 0 saturated carbocycles. The second-order valence-electron chi connectivity index (χ2n) is 2.08. The Labute approximate surface area is 88.8 Å². The van der Waals surface area contributed by atoms with Gasteiger partial charge in [-0.1, -0.05) is 0 Å². The summed E-state index contributed by atoms with van der Waals surface area (Å²) in [5.41, 5.74) is 0. The smallest absolute Gasteiger partial charge is 0.0919 e. The average molecular weight is 164 g/mol. The summed E-state index contributed by atoms with van der Waals surface area (Å²) < 4.78 is 4.94. The van der Waals surface area contributed by atoms with Crippen molar-refractivity contribution in [2.24, 2.45) is 0 Å². The van der Waals surface area contributed by atoms with E-state index in [1.54, 1.807) is 18.7 Å². The van der Waals surface area contributed by atoms with Gasteiger partial charge in [0.15, 0.2) is 0 Å². The van der Waals surface area contributed by atoms with Crippen LogP contribution >= 0.6 is 0 Å². The maximum Gasteiger partial charge on any atom is 0.0919 e. The van der Waals surface area contributed by atoms with Gasteiger partial charge < -0.3 is 9.72 Å². The molecule has 58 valence electrons. The van der Waals surface area contributed by atoms with E-state index < -0.39 is 0 Å². The van der Waals surface area contributed by atoms with Crippen LogP contribution in [0.5, 0.6) is 0 Å². The number of hydrogen-bond acceptors (Lipinski definition) is 2. The van der Waals surface area contributed by atoms with Crippen molar-refractivity contribution in [3.8, 4) is 0 Å².